The summed E-state index contributed by atoms with van der Waals surface area (Å²) < 4.78 is 0. The molecule has 0 fully saturated rings. The first kappa shape index (κ1) is 8.07. The number of anilines is 1. The first-order chi connectivity index (χ1) is 6.20. The number of hydrogen-bond acceptors (Lipinski definition) is 4. The van der Waals surface area contributed by atoms with Crippen LogP contribution in [0.15, 0.2) is 29.3 Å². The average Bonchev–Trinajstić information content (AvgIpc) is 2.15. The Kier molecular flexibility index (Phi) is 1.70. The largest absolute Gasteiger partial charge is 0.268 e. The van der Waals surface area contributed by atoms with Crippen LogP contribution in [0.5, 0.6) is 0 Å². The molecular weight excluding hydrogens is 166 g/mol. The van der Waals surface area contributed by atoms with Gasteiger partial charge in [0.05, 0.1) is 5.69 Å². The van der Waals surface area contributed by atoms with Crippen molar-refractivity contribution in [2.45, 2.75) is 6.92 Å². The minimum atomic E-state index is 0.704. The van der Waals surface area contributed by atoms with Crippen molar-refractivity contribution < 1.29 is 5.21 Å². The van der Waals surface area contributed by atoms with Crippen molar-refractivity contribution >= 4 is 17.2 Å². The lowest BCUT2D eigenvalue weighted by Gasteiger charge is -2.32. The molecule has 4 nitrogen and oxygen atoms in total. The van der Waals surface area contributed by atoms with Crippen molar-refractivity contribution in [1.82, 2.24) is 5.01 Å². The van der Waals surface area contributed by atoms with Crippen LogP contribution in [0, 0.1) is 0 Å². The highest BCUT2D eigenvalue weighted by molar-refractivity contribution is 5.89. The monoisotopic (exact) mass is 177 g/mol. The molecule has 0 unspecified atom stereocenters. The van der Waals surface area contributed by atoms with E-state index in [1.165, 1.54) is 0 Å². The molecule has 68 valence electrons. The summed E-state index contributed by atoms with van der Waals surface area (Å²) in [7, 11) is 1.76. The molecule has 4 heteroatoms. The smallest absolute Gasteiger partial charge is 0.122 e. The zero-order valence-corrected chi connectivity index (χ0v) is 7.60. The summed E-state index contributed by atoms with van der Waals surface area (Å²) in [5.74, 6) is 0.765. The fraction of sp³-hybridized carbons (Fsp3) is 0.222. The molecule has 1 aliphatic heterocycles. The van der Waals surface area contributed by atoms with Crippen molar-refractivity contribution in [3.63, 3.8) is 0 Å². The molecule has 0 spiro atoms. The quantitative estimate of drug-likeness (QED) is 0.656. The number of hydrogen-bond donors (Lipinski definition) is 1. The Hall–Kier alpha value is -1.55. The fourth-order valence-electron chi connectivity index (χ4n) is 1.27. The van der Waals surface area contributed by atoms with Gasteiger partial charge in [-0.15, -0.1) is 0 Å². The molecule has 0 aliphatic carbocycles. The van der Waals surface area contributed by atoms with E-state index in [-0.39, 0.29) is 0 Å². The normalized spacial score (nSPS) is 15.5. The molecule has 1 aliphatic rings. The molecule has 0 radical (unpaired) electrons. The highest BCUT2D eigenvalue weighted by Gasteiger charge is 2.19. The van der Waals surface area contributed by atoms with Crippen LogP contribution in [0.25, 0.3) is 0 Å². The van der Waals surface area contributed by atoms with Crippen LogP contribution >= 0.6 is 0 Å². The van der Waals surface area contributed by atoms with E-state index in [9.17, 15) is 5.21 Å². The summed E-state index contributed by atoms with van der Waals surface area (Å²) in [6.07, 6.45) is 0. The first-order valence-electron chi connectivity index (χ1n) is 4.07. The van der Waals surface area contributed by atoms with E-state index in [1.807, 2.05) is 31.2 Å². The predicted octanol–water partition coefficient (Wildman–Crippen LogP) is 1.79. The second kappa shape index (κ2) is 2.74. The van der Waals surface area contributed by atoms with Gasteiger partial charge in [0.2, 0.25) is 0 Å². The van der Waals surface area contributed by atoms with E-state index in [2.05, 4.69) is 4.99 Å². The lowest BCUT2D eigenvalue weighted by Crippen LogP contribution is -2.42. The second-order valence-corrected chi connectivity index (χ2v) is 2.96. The van der Waals surface area contributed by atoms with Crippen LogP contribution in [0.4, 0.5) is 11.4 Å². The standard InChI is InChI=1S/C9H11N3O/c1-7-10-8-5-3-4-6-9(8)12(13)11(7)2/h3-6,13H,1-2H3. The number of rotatable bonds is 0. The minimum absolute atomic E-state index is 0.704. The molecule has 0 amide bonds. The lowest BCUT2D eigenvalue weighted by atomic mass is 10.2. The van der Waals surface area contributed by atoms with E-state index in [4.69, 9.17) is 0 Å². The second-order valence-electron chi connectivity index (χ2n) is 2.96. The number of benzene rings is 1. The molecule has 1 N–H and O–H groups in total. The zero-order valence-electron chi connectivity index (χ0n) is 7.60. The highest BCUT2D eigenvalue weighted by atomic mass is 16.5. The van der Waals surface area contributed by atoms with Crippen LogP contribution < -0.4 is 5.17 Å². The van der Waals surface area contributed by atoms with E-state index in [1.54, 1.807) is 12.1 Å². The third-order valence-corrected chi connectivity index (χ3v) is 2.13. The molecule has 0 bridgehead atoms. The van der Waals surface area contributed by atoms with Crippen LogP contribution in [-0.4, -0.2) is 23.1 Å². The van der Waals surface area contributed by atoms with Crippen molar-refractivity contribution in [1.29, 1.82) is 0 Å². The van der Waals surface area contributed by atoms with Crippen LogP contribution in [0.3, 0.4) is 0 Å². The molecule has 0 atom stereocenters. The summed E-state index contributed by atoms with van der Waals surface area (Å²) in [6.45, 7) is 1.85. The van der Waals surface area contributed by atoms with Gasteiger partial charge in [-0.3, -0.25) is 10.2 Å². The summed E-state index contributed by atoms with van der Waals surface area (Å²) in [5, 5.41) is 12.4. The van der Waals surface area contributed by atoms with Crippen molar-refractivity contribution in [2.75, 3.05) is 12.2 Å². The van der Waals surface area contributed by atoms with E-state index in [0.29, 0.717) is 5.69 Å². The maximum absolute atomic E-state index is 9.68. The van der Waals surface area contributed by atoms with Gasteiger partial charge in [0.1, 0.15) is 11.5 Å². The third-order valence-electron chi connectivity index (χ3n) is 2.13. The fourth-order valence-corrected chi connectivity index (χ4v) is 1.27. The number of hydrazine groups is 1. The van der Waals surface area contributed by atoms with Gasteiger partial charge >= 0.3 is 0 Å². The maximum Gasteiger partial charge on any atom is 0.122 e. The Labute approximate surface area is 76.7 Å². The Morgan fingerprint density at radius 3 is 2.77 bits per heavy atom. The number of fused-ring (bicyclic) bond motifs is 1. The van der Waals surface area contributed by atoms with Crippen LogP contribution in [-0.2, 0) is 0 Å². The summed E-state index contributed by atoms with van der Waals surface area (Å²) >= 11 is 0. The summed E-state index contributed by atoms with van der Waals surface area (Å²) in [5.41, 5.74) is 1.50. The first-order valence-corrected chi connectivity index (χ1v) is 4.07. The molecule has 13 heavy (non-hydrogen) atoms. The van der Waals surface area contributed by atoms with E-state index >= 15 is 0 Å². The Morgan fingerprint density at radius 2 is 2.00 bits per heavy atom. The minimum Gasteiger partial charge on any atom is -0.268 e. The number of aliphatic imine (C=N–C) groups is 1. The van der Waals surface area contributed by atoms with Gasteiger partial charge in [-0.1, -0.05) is 12.1 Å². The number of amidine groups is 1. The van der Waals surface area contributed by atoms with Gasteiger partial charge in [-0.2, -0.15) is 5.17 Å². The molecular formula is C9H11N3O. The van der Waals surface area contributed by atoms with Gasteiger partial charge in [0, 0.05) is 7.05 Å². The van der Waals surface area contributed by atoms with Crippen molar-refractivity contribution in [3.8, 4) is 0 Å². The topological polar surface area (TPSA) is 39.1 Å². The highest BCUT2D eigenvalue weighted by Crippen LogP contribution is 2.31. The Balaban J connectivity index is 2.56. The molecule has 1 heterocycles. The average molecular weight is 177 g/mol. The third kappa shape index (κ3) is 1.15. The molecule has 1 aromatic rings. The van der Waals surface area contributed by atoms with Gasteiger partial charge < -0.3 is 0 Å². The molecule has 0 saturated carbocycles. The van der Waals surface area contributed by atoms with Gasteiger partial charge in [0.15, 0.2) is 0 Å². The maximum atomic E-state index is 9.68. The molecule has 0 aromatic heterocycles. The van der Waals surface area contributed by atoms with Crippen LogP contribution in [0.1, 0.15) is 6.92 Å². The summed E-state index contributed by atoms with van der Waals surface area (Å²) in [6, 6.07) is 7.46. The van der Waals surface area contributed by atoms with Gasteiger partial charge in [-0.05, 0) is 19.1 Å². The molecule has 1 aromatic carbocycles. The Morgan fingerprint density at radius 1 is 1.31 bits per heavy atom. The van der Waals surface area contributed by atoms with Crippen molar-refractivity contribution in [2.24, 2.45) is 4.99 Å². The van der Waals surface area contributed by atoms with Gasteiger partial charge in [0.25, 0.3) is 0 Å². The zero-order chi connectivity index (χ0) is 9.42. The van der Waals surface area contributed by atoms with Gasteiger partial charge in [-0.25, -0.2) is 4.99 Å². The SMILES string of the molecule is CC1=Nc2ccccc2N(O)N1C. The van der Waals surface area contributed by atoms with E-state index in [0.717, 1.165) is 16.7 Å². The summed E-state index contributed by atoms with van der Waals surface area (Å²) in [4.78, 5) is 4.32. The van der Waals surface area contributed by atoms with E-state index < -0.39 is 0 Å². The van der Waals surface area contributed by atoms with Crippen molar-refractivity contribution in [3.05, 3.63) is 24.3 Å². The lowest BCUT2D eigenvalue weighted by molar-refractivity contribution is 0.139. The number of para-hydroxylation sites is 2. The number of nitrogens with zero attached hydrogens (tertiary/aromatic N) is 3. The molecule has 2 rings (SSSR count). The van der Waals surface area contributed by atoms with Crippen LogP contribution in [0.2, 0.25) is 0 Å². The predicted molar refractivity (Wildman–Crippen MR) is 51.2 cm³/mol. The molecule has 0 saturated heterocycles. The Bertz CT molecular complexity index is 362.